The number of hydrogen-bond acceptors (Lipinski definition) is 4. The molecule has 0 spiro atoms. The van der Waals surface area contributed by atoms with Crippen LogP contribution in [0, 0.1) is 5.41 Å². The molecule has 0 radical (unpaired) electrons. The maximum absolute atomic E-state index is 13.1. The van der Waals surface area contributed by atoms with Gasteiger partial charge in [0, 0.05) is 18.5 Å². The molecule has 2 aliphatic rings. The van der Waals surface area contributed by atoms with Crippen LogP contribution >= 0.6 is 0 Å². The van der Waals surface area contributed by atoms with E-state index in [1.54, 1.807) is 0 Å². The van der Waals surface area contributed by atoms with Crippen molar-refractivity contribution < 1.29 is 24.2 Å². The SMILES string of the molecule is CC[C@H](CC(=O)O)NC(=O)C1(CNC(=O)OCC2c3ccccc3-c3ccccc32)CCCC1. The fraction of sp³-hybridized carbons (Fsp3) is 0.444. The Balaban J connectivity index is 1.36. The summed E-state index contributed by atoms with van der Waals surface area (Å²) < 4.78 is 5.62. The molecule has 3 N–H and O–H groups in total. The molecule has 0 heterocycles. The first-order valence-electron chi connectivity index (χ1n) is 12.0. The van der Waals surface area contributed by atoms with Gasteiger partial charge in [0.1, 0.15) is 6.61 Å². The first-order chi connectivity index (χ1) is 16.4. The summed E-state index contributed by atoms with van der Waals surface area (Å²) in [4.78, 5) is 36.8. The van der Waals surface area contributed by atoms with Crippen LogP contribution in [0.4, 0.5) is 4.79 Å². The zero-order chi connectivity index (χ0) is 24.1. The van der Waals surface area contributed by atoms with E-state index < -0.39 is 23.5 Å². The minimum Gasteiger partial charge on any atom is -0.481 e. The molecule has 0 aliphatic heterocycles. The molecular weight excluding hydrogens is 432 g/mol. The van der Waals surface area contributed by atoms with Gasteiger partial charge in [-0.3, -0.25) is 9.59 Å². The van der Waals surface area contributed by atoms with Crippen LogP contribution in [0.2, 0.25) is 0 Å². The number of carbonyl (C=O) groups excluding carboxylic acids is 2. The summed E-state index contributed by atoms with van der Waals surface area (Å²) in [6.07, 6.45) is 2.99. The van der Waals surface area contributed by atoms with Gasteiger partial charge in [-0.2, -0.15) is 0 Å². The number of benzene rings is 2. The van der Waals surface area contributed by atoms with E-state index in [1.165, 1.54) is 11.1 Å². The van der Waals surface area contributed by atoms with Crippen LogP contribution in [0.15, 0.2) is 48.5 Å². The Morgan fingerprint density at radius 2 is 1.62 bits per heavy atom. The second kappa shape index (κ2) is 10.3. The van der Waals surface area contributed by atoms with Gasteiger partial charge < -0.3 is 20.5 Å². The minimum absolute atomic E-state index is 0.0248. The minimum atomic E-state index is -0.940. The van der Waals surface area contributed by atoms with Crippen LogP contribution in [0.1, 0.15) is 62.5 Å². The van der Waals surface area contributed by atoms with E-state index in [9.17, 15) is 14.4 Å². The van der Waals surface area contributed by atoms with Crippen molar-refractivity contribution >= 4 is 18.0 Å². The highest BCUT2D eigenvalue weighted by atomic mass is 16.5. The van der Waals surface area contributed by atoms with E-state index in [-0.39, 0.29) is 31.4 Å². The van der Waals surface area contributed by atoms with Crippen LogP contribution in [0.3, 0.4) is 0 Å². The van der Waals surface area contributed by atoms with E-state index in [0.717, 1.165) is 24.0 Å². The zero-order valence-corrected chi connectivity index (χ0v) is 19.5. The molecule has 34 heavy (non-hydrogen) atoms. The number of amides is 2. The Morgan fingerprint density at radius 3 is 2.18 bits per heavy atom. The molecule has 0 bridgehead atoms. The largest absolute Gasteiger partial charge is 0.481 e. The zero-order valence-electron chi connectivity index (χ0n) is 19.5. The monoisotopic (exact) mass is 464 g/mol. The third-order valence-electron chi connectivity index (χ3n) is 7.21. The molecule has 2 amide bonds. The van der Waals surface area contributed by atoms with E-state index in [1.807, 2.05) is 31.2 Å². The number of fused-ring (bicyclic) bond motifs is 3. The van der Waals surface area contributed by atoms with Gasteiger partial charge in [-0.05, 0) is 41.5 Å². The van der Waals surface area contributed by atoms with Gasteiger partial charge in [-0.25, -0.2) is 4.79 Å². The van der Waals surface area contributed by atoms with Gasteiger partial charge in [0.05, 0.1) is 11.8 Å². The lowest BCUT2D eigenvalue weighted by Gasteiger charge is -2.30. The molecule has 4 rings (SSSR count). The standard InChI is InChI=1S/C27H32N2O5/c1-2-18(15-24(30)31)29-25(32)27(13-7-8-14-27)17-28-26(33)34-16-23-21-11-5-3-9-19(21)20-10-4-6-12-22(20)23/h3-6,9-12,18,23H,2,7-8,13-17H2,1H3,(H,28,33)(H,29,32)(H,30,31)/t18-/m1/s1. The molecule has 1 saturated carbocycles. The summed E-state index contributed by atoms with van der Waals surface area (Å²) in [6.45, 7) is 2.25. The average Bonchev–Trinajstić information content (AvgIpc) is 3.44. The third kappa shape index (κ3) is 4.93. The summed E-state index contributed by atoms with van der Waals surface area (Å²) in [7, 11) is 0. The highest BCUT2D eigenvalue weighted by molar-refractivity contribution is 5.85. The Labute approximate surface area is 199 Å². The number of hydrogen-bond donors (Lipinski definition) is 3. The summed E-state index contributed by atoms with van der Waals surface area (Å²) in [5.41, 5.74) is 3.90. The maximum atomic E-state index is 13.1. The molecule has 0 unspecified atom stereocenters. The van der Waals surface area contributed by atoms with Crippen molar-refractivity contribution in [2.24, 2.45) is 5.41 Å². The third-order valence-corrected chi connectivity index (χ3v) is 7.21. The van der Waals surface area contributed by atoms with Gasteiger partial charge in [0.25, 0.3) is 0 Å². The lowest BCUT2D eigenvalue weighted by atomic mass is 9.84. The van der Waals surface area contributed by atoms with E-state index in [2.05, 4.69) is 34.9 Å². The number of rotatable bonds is 9. The molecule has 1 atom stereocenters. The number of ether oxygens (including phenoxy) is 1. The topological polar surface area (TPSA) is 105 Å². The maximum Gasteiger partial charge on any atom is 0.407 e. The predicted octanol–water partition coefficient (Wildman–Crippen LogP) is 4.46. The predicted molar refractivity (Wildman–Crippen MR) is 128 cm³/mol. The average molecular weight is 465 g/mol. The van der Waals surface area contributed by atoms with Gasteiger partial charge in [-0.15, -0.1) is 0 Å². The summed E-state index contributed by atoms with van der Waals surface area (Å²) in [6, 6.07) is 15.9. The highest BCUT2D eigenvalue weighted by Crippen LogP contribution is 2.44. The molecule has 1 fully saturated rings. The smallest absolute Gasteiger partial charge is 0.407 e. The first-order valence-corrected chi connectivity index (χ1v) is 12.0. The van der Waals surface area contributed by atoms with E-state index in [4.69, 9.17) is 9.84 Å². The molecule has 2 aromatic carbocycles. The lowest BCUT2D eigenvalue weighted by Crippen LogP contribution is -2.50. The van der Waals surface area contributed by atoms with Gasteiger partial charge in [0.2, 0.25) is 5.91 Å². The molecule has 180 valence electrons. The fourth-order valence-corrected chi connectivity index (χ4v) is 5.27. The van der Waals surface area contributed by atoms with Crippen molar-refractivity contribution in [3.63, 3.8) is 0 Å². The number of carboxylic acids is 1. The first kappa shape index (κ1) is 23.8. The van der Waals surface area contributed by atoms with Gasteiger partial charge in [0.15, 0.2) is 0 Å². The highest BCUT2D eigenvalue weighted by Gasteiger charge is 2.42. The quantitative estimate of drug-likeness (QED) is 0.508. The van der Waals surface area contributed by atoms with Crippen LogP contribution in [0.25, 0.3) is 11.1 Å². The molecule has 2 aliphatic carbocycles. The van der Waals surface area contributed by atoms with E-state index >= 15 is 0 Å². The molecular formula is C27H32N2O5. The summed E-state index contributed by atoms with van der Waals surface area (Å²) in [5.74, 6) is -1.15. The molecule has 2 aromatic rings. The van der Waals surface area contributed by atoms with Crippen LogP contribution < -0.4 is 10.6 Å². The Hall–Kier alpha value is -3.35. The van der Waals surface area contributed by atoms with Gasteiger partial charge >= 0.3 is 12.1 Å². The molecule has 0 aromatic heterocycles. The Kier molecular flexibility index (Phi) is 7.20. The van der Waals surface area contributed by atoms with Crippen LogP contribution in [0.5, 0.6) is 0 Å². The summed E-state index contributed by atoms with van der Waals surface area (Å²) in [5, 5.41) is 14.8. The molecule has 7 nitrogen and oxygen atoms in total. The molecule has 7 heteroatoms. The van der Waals surface area contributed by atoms with Crippen molar-refractivity contribution in [1.82, 2.24) is 10.6 Å². The number of alkyl carbamates (subject to hydrolysis) is 1. The van der Waals surface area contributed by atoms with Crippen molar-refractivity contribution in [3.8, 4) is 11.1 Å². The Bertz CT molecular complexity index is 1010. The second-order valence-electron chi connectivity index (χ2n) is 9.34. The van der Waals surface area contributed by atoms with E-state index in [0.29, 0.717) is 19.3 Å². The second-order valence-corrected chi connectivity index (χ2v) is 9.34. The van der Waals surface area contributed by atoms with Crippen molar-refractivity contribution in [2.45, 2.75) is 57.4 Å². The van der Waals surface area contributed by atoms with Crippen molar-refractivity contribution in [2.75, 3.05) is 13.2 Å². The van der Waals surface area contributed by atoms with Crippen LogP contribution in [-0.2, 0) is 14.3 Å². The van der Waals surface area contributed by atoms with Crippen molar-refractivity contribution in [1.29, 1.82) is 0 Å². The number of aliphatic carboxylic acids is 1. The van der Waals surface area contributed by atoms with Crippen LogP contribution in [-0.4, -0.2) is 42.3 Å². The lowest BCUT2D eigenvalue weighted by molar-refractivity contribution is -0.138. The fourth-order valence-electron chi connectivity index (χ4n) is 5.27. The number of carbonyl (C=O) groups is 3. The number of nitrogens with one attached hydrogen (secondary N) is 2. The van der Waals surface area contributed by atoms with Gasteiger partial charge in [-0.1, -0.05) is 68.3 Å². The normalized spacial score (nSPS) is 16.9. The van der Waals surface area contributed by atoms with Crippen molar-refractivity contribution in [3.05, 3.63) is 59.7 Å². The summed E-state index contributed by atoms with van der Waals surface area (Å²) >= 11 is 0. The molecule has 0 saturated heterocycles. The Morgan fingerprint density at radius 1 is 1.03 bits per heavy atom. The number of carboxylic acid groups (broad SMARTS) is 1.